The number of benzene rings is 1. The largest absolute Gasteiger partial charge is 0.484 e. The van der Waals surface area contributed by atoms with Gasteiger partial charge in [-0.05, 0) is 24.3 Å². The van der Waals surface area contributed by atoms with E-state index in [9.17, 15) is 4.79 Å². The van der Waals surface area contributed by atoms with Crippen LogP contribution < -0.4 is 10.5 Å². The Labute approximate surface area is 111 Å². The molecule has 1 aromatic rings. The van der Waals surface area contributed by atoms with Crippen molar-refractivity contribution in [3.8, 4) is 5.75 Å². The van der Waals surface area contributed by atoms with Gasteiger partial charge in [0.15, 0.2) is 6.61 Å². The fourth-order valence-electron chi connectivity index (χ4n) is 1.84. The van der Waals surface area contributed by atoms with E-state index in [-0.39, 0.29) is 12.5 Å². The average Bonchev–Trinajstić information content (AvgIpc) is 2.65. The summed E-state index contributed by atoms with van der Waals surface area (Å²) < 4.78 is 5.46. The Morgan fingerprint density at radius 1 is 1.39 bits per heavy atom. The quantitative estimate of drug-likeness (QED) is 0.845. The van der Waals surface area contributed by atoms with E-state index in [1.807, 2.05) is 28.8 Å². The average molecular weight is 266 g/mol. The monoisotopic (exact) mass is 266 g/mol. The van der Waals surface area contributed by atoms with Crippen LogP contribution in [0.2, 0.25) is 0 Å². The van der Waals surface area contributed by atoms with Crippen molar-refractivity contribution in [1.29, 1.82) is 0 Å². The lowest BCUT2D eigenvalue weighted by Crippen LogP contribution is -2.36. The molecular formula is C13H18N2O2S. The van der Waals surface area contributed by atoms with Crippen LogP contribution in [0.5, 0.6) is 5.75 Å². The van der Waals surface area contributed by atoms with Crippen LogP contribution in [0, 0.1) is 0 Å². The molecule has 0 spiro atoms. The van der Waals surface area contributed by atoms with Crippen LogP contribution in [-0.4, -0.2) is 42.0 Å². The minimum atomic E-state index is 0.0555. The number of ether oxygens (including phenoxy) is 1. The smallest absolute Gasteiger partial charge is 0.260 e. The van der Waals surface area contributed by atoms with E-state index in [0.717, 1.165) is 31.0 Å². The van der Waals surface area contributed by atoms with Crippen LogP contribution in [0.25, 0.3) is 0 Å². The second-order valence-electron chi connectivity index (χ2n) is 4.21. The molecule has 1 aliphatic rings. The molecule has 2 rings (SSSR count). The first-order valence-corrected chi connectivity index (χ1v) is 7.25. The van der Waals surface area contributed by atoms with Crippen molar-refractivity contribution in [3.05, 3.63) is 24.3 Å². The Hall–Kier alpha value is -1.36. The molecule has 1 amide bonds. The van der Waals surface area contributed by atoms with Crippen molar-refractivity contribution < 1.29 is 9.53 Å². The van der Waals surface area contributed by atoms with Gasteiger partial charge in [0.2, 0.25) is 0 Å². The summed E-state index contributed by atoms with van der Waals surface area (Å²) in [6.45, 7) is 1.75. The summed E-state index contributed by atoms with van der Waals surface area (Å²) in [6, 6.07) is 7.14. The molecule has 0 aromatic heterocycles. The first kappa shape index (κ1) is 13.1. The molecule has 1 saturated heterocycles. The van der Waals surface area contributed by atoms with Crippen molar-refractivity contribution in [2.45, 2.75) is 6.42 Å². The third-order valence-electron chi connectivity index (χ3n) is 2.80. The van der Waals surface area contributed by atoms with E-state index in [2.05, 4.69) is 0 Å². The second kappa shape index (κ2) is 6.54. The maximum atomic E-state index is 12.0. The molecule has 4 nitrogen and oxygen atoms in total. The molecule has 0 atom stereocenters. The van der Waals surface area contributed by atoms with Crippen molar-refractivity contribution in [3.63, 3.8) is 0 Å². The molecule has 18 heavy (non-hydrogen) atoms. The van der Waals surface area contributed by atoms with Gasteiger partial charge in [0.1, 0.15) is 5.75 Å². The van der Waals surface area contributed by atoms with Gasteiger partial charge in [0.25, 0.3) is 5.91 Å². The summed E-state index contributed by atoms with van der Waals surface area (Å²) in [5, 5.41) is 0. The molecule has 98 valence electrons. The Balaban J connectivity index is 1.83. The summed E-state index contributed by atoms with van der Waals surface area (Å²) in [6.07, 6.45) is 1.06. The Bertz CT molecular complexity index is 404. The highest BCUT2D eigenvalue weighted by atomic mass is 32.2. The van der Waals surface area contributed by atoms with Gasteiger partial charge in [-0.1, -0.05) is 6.07 Å². The zero-order valence-electron chi connectivity index (χ0n) is 10.3. The number of thioether (sulfide) groups is 1. The molecule has 1 heterocycles. The van der Waals surface area contributed by atoms with Gasteiger partial charge in [-0.2, -0.15) is 11.8 Å². The number of carbonyl (C=O) groups excluding carboxylic acids is 1. The Kier molecular flexibility index (Phi) is 4.75. The maximum absolute atomic E-state index is 12.0. The van der Waals surface area contributed by atoms with Gasteiger partial charge in [0, 0.05) is 30.6 Å². The van der Waals surface area contributed by atoms with Crippen LogP contribution in [0.1, 0.15) is 6.42 Å². The molecule has 2 N–H and O–H groups in total. The number of hydrogen-bond donors (Lipinski definition) is 1. The van der Waals surface area contributed by atoms with Crippen LogP contribution in [0.15, 0.2) is 24.3 Å². The van der Waals surface area contributed by atoms with Crippen LogP contribution in [0.3, 0.4) is 0 Å². The highest BCUT2D eigenvalue weighted by Gasteiger charge is 2.15. The summed E-state index contributed by atoms with van der Waals surface area (Å²) in [4.78, 5) is 13.9. The van der Waals surface area contributed by atoms with Crippen molar-refractivity contribution in [1.82, 2.24) is 4.90 Å². The topological polar surface area (TPSA) is 55.6 Å². The summed E-state index contributed by atoms with van der Waals surface area (Å²) in [5.41, 5.74) is 6.29. The molecule has 1 fully saturated rings. The minimum absolute atomic E-state index is 0.0555. The van der Waals surface area contributed by atoms with Crippen LogP contribution in [-0.2, 0) is 4.79 Å². The van der Waals surface area contributed by atoms with Gasteiger partial charge in [-0.15, -0.1) is 0 Å². The van der Waals surface area contributed by atoms with Gasteiger partial charge >= 0.3 is 0 Å². The molecule has 0 unspecified atom stereocenters. The lowest BCUT2D eigenvalue weighted by Gasteiger charge is -2.20. The maximum Gasteiger partial charge on any atom is 0.260 e. The highest BCUT2D eigenvalue weighted by Crippen LogP contribution is 2.15. The van der Waals surface area contributed by atoms with E-state index in [1.165, 1.54) is 0 Å². The van der Waals surface area contributed by atoms with Crippen LogP contribution >= 0.6 is 11.8 Å². The van der Waals surface area contributed by atoms with E-state index < -0.39 is 0 Å². The number of hydrogen-bond acceptors (Lipinski definition) is 4. The zero-order valence-corrected chi connectivity index (χ0v) is 11.1. The Morgan fingerprint density at radius 3 is 3.11 bits per heavy atom. The fraction of sp³-hybridized carbons (Fsp3) is 0.462. The molecule has 5 heteroatoms. The molecule has 1 aromatic carbocycles. The molecule has 0 radical (unpaired) electrons. The Morgan fingerprint density at radius 2 is 2.28 bits per heavy atom. The van der Waals surface area contributed by atoms with Gasteiger partial charge in [-0.3, -0.25) is 4.79 Å². The predicted octanol–water partition coefficient (Wildman–Crippen LogP) is 1.61. The lowest BCUT2D eigenvalue weighted by atomic mass is 10.3. The number of amides is 1. The molecule has 0 aliphatic carbocycles. The number of nitrogens with zero attached hydrogens (tertiary/aromatic N) is 1. The zero-order chi connectivity index (χ0) is 12.8. The normalized spacial score (nSPS) is 16.1. The summed E-state index contributed by atoms with van der Waals surface area (Å²) in [7, 11) is 0. The van der Waals surface area contributed by atoms with Crippen LogP contribution in [0.4, 0.5) is 5.69 Å². The third-order valence-corrected chi connectivity index (χ3v) is 3.84. The summed E-state index contributed by atoms with van der Waals surface area (Å²) in [5.74, 6) is 2.86. The van der Waals surface area contributed by atoms with Crippen molar-refractivity contribution >= 4 is 23.4 Å². The van der Waals surface area contributed by atoms with E-state index in [4.69, 9.17) is 10.5 Å². The standard InChI is InChI=1S/C13H18N2O2S/c14-11-3-1-4-12(9-11)17-10-13(16)15-5-2-7-18-8-6-15/h1,3-4,9H,2,5-8,10,14H2. The second-order valence-corrected chi connectivity index (χ2v) is 5.43. The number of nitrogen functional groups attached to an aromatic ring is 1. The highest BCUT2D eigenvalue weighted by molar-refractivity contribution is 7.99. The predicted molar refractivity (Wildman–Crippen MR) is 74.9 cm³/mol. The lowest BCUT2D eigenvalue weighted by molar-refractivity contribution is -0.133. The van der Waals surface area contributed by atoms with E-state index in [0.29, 0.717) is 11.4 Å². The van der Waals surface area contributed by atoms with Gasteiger partial charge < -0.3 is 15.4 Å². The SMILES string of the molecule is Nc1cccc(OCC(=O)N2CCCSCC2)c1. The van der Waals surface area contributed by atoms with Gasteiger partial charge in [-0.25, -0.2) is 0 Å². The minimum Gasteiger partial charge on any atom is -0.484 e. The van der Waals surface area contributed by atoms with E-state index >= 15 is 0 Å². The molecule has 0 bridgehead atoms. The molecular weight excluding hydrogens is 248 g/mol. The first-order chi connectivity index (χ1) is 8.75. The first-order valence-electron chi connectivity index (χ1n) is 6.09. The fourth-order valence-corrected chi connectivity index (χ4v) is 2.72. The third kappa shape index (κ3) is 3.84. The number of rotatable bonds is 3. The van der Waals surface area contributed by atoms with Crippen molar-refractivity contribution in [2.24, 2.45) is 0 Å². The number of anilines is 1. The molecule has 1 aliphatic heterocycles. The molecule has 0 saturated carbocycles. The number of carbonyl (C=O) groups is 1. The number of nitrogens with two attached hydrogens (primary N) is 1. The van der Waals surface area contributed by atoms with E-state index in [1.54, 1.807) is 12.1 Å². The summed E-state index contributed by atoms with van der Waals surface area (Å²) >= 11 is 1.90. The van der Waals surface area contributed by atoms with Crippen molar-refractivity contribution in [2.75, 3.05) is 36.9 Å². The van der Waals surface area contributed by atoms with Gasteiger partial charge in [0.05, 0.1) is 0 Å².